The number of carbonyl (C=O) groups excluding carboxylic acids is 1. The monoisotopic (exact) mass is 328 g/mol. The number of nitrogens with zero attached hydrogens (tertiary/aromatic N) is 1. The van der Waals surface area contributed by atoms with E-state index >= 15 is 0 Å². The lowest BCUT2D eigenvalue weighted by atomic mass is 9.94. The smallest absolute Gasteiger partial charge is 0.255 e. The topological polar surface area (TPSA) is 46.3 Å². The molecule has 1 aliphatic carbocycles. The van der Waals surface area contributed by atoms with Gasteiger partial charge in [0.2, 0.25) is 0 Å². The molecule has 0 aromatic heterocycles. The summed E-state index contributed by atoms with van der Waals surface area (Å²) in [6, 6.07) is 2.93. The van der Waals surface area contributed by atoms with E-state index in [2.05, 4.69) is 15.9 Å². The number of nitrogen functional groups attached to an aromatic ring is 1. The van der Waals surface area contributed by atoms with Crippen LogP contribution in [0.15, 0.2) is 16.6 Å². The Morgan fingerprint density at radius 2 is 2.00 bits per heavy atom. The van der Waals surface area contributed by atoms with Crippen molar-refractivity contribution in [3.63, 3.8) is 0 Å². The standard InChI is InChI=1S/C14H18BrFN2O/c1-18(9-5-3-2-4-6-9)14(19)10-7-13(17)12(16)8-11(10)15/h7-9H,2-6,17H2,1H3. The highest BCUT2D eigenvalue weighted by atomic mass is 79.9. The fourth-order valence-electron chi connectivity index (χ4n) is 2.55. The summed E-state index contributed by atoms with van der Waals surface area (Å²) in [7, 11) is 1.81. The van der Waals surface area contributed by atoms with Crippen molar-refractivity contribution in [2.75, 3.05) is 12.8 Å². The van der Waals surface area contributed by atoms with Crippen LogP contribution >= 0.6 is 15.9 Å². The summed E-state index contributed by atoms with van der Waals surface area (Å²) in [5, 5.41) is 0. The van der Waals surface area contributed by atoms with Crippen molar-refractivity contribution in [2.24, 2.45) is 0 Å². The van der Waals surface area contributed by atoms with Gasteiger partial charge in [0, 0.05) is 17.6 Å². The van der Waals surface area contributed by atoms with Crippen LogP contribution < -0.4 is 5.73 Å². The molecule has 1 aromatic carbocycles. The van der Waals surface area contributed by atoms with Crippen molar-refractivity contribution >= 4 is 27.5 Å². The van der Waals surface area contributed by atoms with Gasteiger partial charge in [0.05, 0.1) is 11.3 Å². The highest BCUT2D eigenvalue weighted by Crippen LogP contribution is 2.27. The number of anilines is 1. The van der Waals surface area contributed by atoms with Crippen LogP contribution in [0.1, 0.15) is 42.5 Å². The number of hydrogen-bond donors (Lipinski definition) is 1. The first kappa shape index (κ1) is 14.3. The summed E-state index contributed by atoms with van der Waals surface area (Å²) < 4.78 is 13.7. The van der Waals surface area contributed by atoms with Crippen molar-refractivity contribution in [2.45, 2.75) is 38.1 Å². The van der Waals surface area contributed by atoms with Gasteiger partial charge in [-0.15, -0.1) is 0 Å². The van der Waals surface area contributed by atoms with Gasteiger partial charge in [-0.25, -0.2) is 4.39 Å². The van der Waals surface area contributed by atoms with Gasteiger partial charge in [-0.3, -0.25) is 4.79 Å². The average molecular weight is 329 g/mol. The number of nitrogens with two attached hydrogens (primary N) is 1. The molecule has 0 saturated heterocycles. The maximum atomic E-state index is 13.3. The molecular weight excluding hydrogens is 311 g/mol. The minimum atomic E-state index is -0.510. The Balaban J connectivity index is 2.21. The van der Waals surface area contributed by atoms with E-state index in [0.29, 0.717) is 10.0 Å². The second-order valence-corrected chi connectivity index (χ2v) is 5.92. The van der Waals surface area contributed by atoms with Crippen molar-refractivity contribution in [3.8, 4) is 0 Å². The van der Waals surface area contributed by atoms with Gasteiger partial charge >= 0.3 is 0 Å². The molecule has 0 radical (unpaired) electrons. The van der Waals surface area contributed by atoms with E-state index in [0.717, 1.165) is 25.7 Å². The van der Waals surface area contributed by atoms with Gasteiger partial charge in [0.15, 0.2) is 0 Å². The Bertz CT molecular complexity index is 487. The van der Waals surface area contributed by atoms with Crippen LogP contribution in [-0.2, 0) is 0 Å². The largest absolute Gasteiger partial charge is 0.396 e. The van der Waals surface area contributed by atoms with E-state index in [9.17, 15) is 9.18 Å². The predicted molar refractivity (Wildman–Crippen MR) is 77.5 cm³/mol. The van der Waals surface area contributed by atoms with Crippen LogP contribution in [-0.4, -0.2) is 23.9 Å². The molecule has 1 aliphatic rings. The first-order valence-corrected chi connectivity index (χ1v) is 7.31. The highest BCUT2D eigenvalue weighted by Gasteiger charge is 2.24. The summed E-state index contributed by atoms with van der Waals surface area (Å²) in [6.07, 6.45) is 5.64. The molecule has 0 atom stereocenters. The van der Waals surface area contributed by atoms with E-state index in [4.69, 9.17) is 5.73 Å². The molecular formula is C14H18BrFN2O. The minimum absolute atomic E-state index is 0.00333. The van der Waals surface area contributed by atoms with Crippen molar-refractivity contribution in [3.05, 3.63) is 28.0 Å². The van der Waals surface area contributed by atoms with E-state index in [1.165, 1.54) is 18.6 Å². The van der Waals surface area contributed by atoms with Gasteiger partial charge in [-0.05, 0) is 40.9 Å². The third-order valence-electron chi connectivity index (χ3n) is 3.76. The summed E-state index contributed by atoms with van der Waals surface area (Å²) in [6.45, 7) is 0. The van der Waals surface area contributed by atoms with Crippen LogP contribution in [0.3, 0.4) is 0 Å². The van der Waals surface area contributed by atoms with E-state index in [-0.39, 0.29) is 17.6 Å². The molecule has 1 aromatic rings. The Kier molecular flexibility index (Phi) is 4.45. The summed E-state index contributed by atoms with van der Waals surface area (Å²) in [5.74, 6) is -0.616. The van der Waals surface area contributed by atoms with Gasteiger partial charge in [-0.1, -0.05) is 19.3 Å². The zero-order valence-electron chi connectivity index (χ0n) is 11.0. The molecule has 2 N–H and O–H groups in total. The highest BCUT2D eigenvalue weighted by molar-refractivity contribution is 9.10. The number of benzene rings is 1. The molecule has 2 rings (SSSR count). The molecule has 104 valence electrons. The van der Waals surface area contributed by atoms with Gasteiger partial charge < -0.3 is 10.6 Å². The van der Waals surface area contributed by atoms with Crippen LogP contribution in [0, 0.1) is 5.82 Å². The molecule has 0 bridgehead atoms. The fraction of sp³-hybridized carbons (Fsp3) is 0.500. The Morgan fingerprint density at radius 1 is 1.37 bits per heavy atom. The molecule has 1 saturated carbocycles. The number of halogens is 2. The van der Waals surface area contributed by atoms with Crippen molar-refractivity contribution < 1.29 is 9.18 Å². The SMILES string of the molecule is CN(C(=O)c1cc(N)c(F)cc1Br)C1CCCCC1. The van der Waals surface area contributed by atoms with E-state index in [1.807, 2.05) is 7.05 Å². The first-order chi connectivity index (χ1) is 9.00. The van der Waals surface area contributed by atoms with Gasteiger partial charge in [0.1, 0.15) is 5.82 Å². The Labute approximate surface area is 121 Å². The van der Waals surface area contributed by atoms with Crippen molar-refractivity contribution in [1.82, 2.24) is 4.90 Å². The molecule has 1 fully saturated rings. The third-order valence-corrected chi connectivity index (χ3v) is 4.42. The number of hydrogen-bond acceptors (Lipinski definition) is 2. The molecule has 19 heavy (non-hydrogen) atoms. The predicted octanol–water partition coefficient (Wildman–Crippen LogP) is 3.58. The Morgan fingerprint density at radius 3 is 2.63 bits per heavy atom. The first-order valence-electron chi connectivity index (χ1n) is 6.52. The van der Waals surface area contributed by atoms with E-state index < -0.39 is 5.82 Å². The summed E-state index contributed by atoms with van der Waals surface area (Å²) >= 11 is 3.23. The third kappa shape index (κ3) is 3.08. The maximum Gasteiger partial charge on any atom is 0.255 e. The molecule has 0 unspecified atom stereocenters. The lowest BCUT2D eigenvalue weighted by Crippen LogP contribution is -2.38. The van der Waals surface area contributed by atoms with Crippen LogP contribution in [0.5, 0.6) is 0 Å². The molecule has 0 spiro atoms. The number of amides is 1. The van der Waals surface area contributed by atoms with Crippen LogP contribution in [0.25, 0.3) is 0 Å². The second-order valence-electron chi connectivity index (χ2n) is 5.06. The van der Waals surface area contributed by atoms with Crippen molar-refractivity contribution in [1.29, 1.82) is 0 Å². The zero-order chi connectivity index (χ0) is 14.0. The molecule has 5 heteroatoms. The fourth-order valence-corrected chi connectivity index (χ4v) is 3.04. The van der Waals surface area contributed by atoms with E-state index in [1.54, 1.807) is 4.90 Å². The molecule has 1 amide bonds. The second kappa shape index (κ2) is 5.90. The number of carbonyl (C=O) groups is 1. The van der Waals surface area contributed by atoms with Crippen LogP contribution in [0.4, 0.5) is 10.1 Å². The van der Waals surface area contributed by atoms with Gasteiger partial charge in [-0.2, -0.15) is 0 Å². The lowest BCUT2D eigenvalue weighted by Gasteiger charge is -2.31. The molecule has 0 heterocycles. The maximum absolute atomic E-state index is 13.3. The summed E-state index contributed by atoms with van der Waals surface area (Å²) in [5.41, 5.74) is 5.97. The Hall–Kier alpha value is -1.10. The average Bonchev–Trinajstić information content (AvgIpc) is 2.42. The van der Waals surface area contributed by atoms with Gasteiger partial charge in [0.25, 0.3) is 5.91 Å². The quantitative estimate of drug-likeness (QED) is 0.843. The minimum Gasteiger partial charge on any atom is -0.396 e. The lowest BCUT2D eigenvalue weighted by molar-refractivity contribution is 0.0695. The normalized spacial score (nSPS) is 16.4. The molecule has 3 nitrogen and oxygen atoms in total. The summed E-state index contributed by atoms with van der Waals surface area (Å²) in [4.78, 5) is 14.2. The number of rotatable bonds is 2. The zero-order valence-corrected chi connectivity index (χ0v) is 12.5. The molecule has 0 aliphatic heterocycles. The van der Waals surface area contributed by atoms with Crippen LogP contribution in [0.2, 0.25) is 0 Å².